The molecule has 1 aromatic rings. The van der Waals surface area contributed by atoms with Crippen molar-refractivity contribution in [2.75, 3.05) is 19.8 Å². The van der Waals surface area contributed by atoms with Crippen molar-refractivity contribution in [2.45, 2.75) is 33.2 Å². The van der Waals surface area contributed by atoms with Gasteiger partial charge in [-0.05, 0) is 44.5 Å². The van der Waals surface area contributed by atoms with Crippen LogP contribution in [-0.4, -0.2) is 30.8 Å². The molecule has 20 heavy (non-hydrogen) atoms. The average Bonchev–Trinajstić information content (AvgIpc) is 2.41. The van der Waals surface area contributed by atoms with Crippen LogP contribution in [-0.2, 0) is 11.3 Å². The maximum absolute atomic E-state index is 10.4. The Balaban J connectivity index is 2.49. The summed E-state index contributed by atoms with van der Waals surface area (Å²) in [6.07, 6.45) is 0.825. The predicted molar refractivity (Wildman–Crippen MR) is 77.4 cm³/mol. The zero-order valence-corrected chi connectivity index (χ0v) is 12.1. The number of carboxylic acids is 1. The highest BCUT2D eigenvalue weighted by Gasteiger charge is 2.06. The summed E-state index contributed by atoms with van der Waals surface area (Å²) in [4.78, 5) is 10.4. The molecule has 0 aliphatic rings. The minimum atomic E-state index is -0.758. The fourth-order valence-corrected chi connectivity index (χ4v) is 1.80. The van der Waals surface area contributed by atoms with Gasteiger partial charge in [-0.2, -0.15) is 0 Å². The lowest BCUT2D eigenvalue weighted by atomic mass is 10.2. The second kappa shape index (κ2) is 9.20. The Morgan fingerprint density at radius 3 is 2.55 bits per heavy atom. The standard InChI is InChI=1S/C15H23NO4/c1-3-19-13-8-7-12(10-14(13)20-4-2)11-16-9-5-6-15(17)18/h7-8,10,16H,3-6,9,11H2,1-2H3,(H,17,18). The first kappa shape index (κ1) is 16.3. The molecule has 0 spiro atoms. The number of nitrogens with one attached hydrogen (secondary N) is 1. The smallest absolute Gasteiger partial charge is 0.303 e. The van der Waals surface area contributed by atoms with Crippen LogP contribution in [0.25, 0.3) is 0 Å². The third kappa shape index (κ3) is 5.93. The second-order valence-corrected chi connectivity index (χ2v) is 4.32. The van der Waals surface area contributed by atoms with Crippen LogP contribution in [0.3, 0.4) is 0 Å². The molecule has 0 aromatic heterocycles. The molecule has 2 N–H and O–H groups in total. The van der Waals surface area contributed by atoms with Gasteiger partial charge in [-0.3, -0.25) is 4.79 Å². The Morgan fingerprint density at radius 1 is 1.20 bits per heavy atom. The first-order valence-corrected chi connectivity index (χ1v) is 6.98. The Morgan fingerprint density at radius 2 is 1.90 bits per heavy atom. The summed E-state index contributed by atoms with van der Waals surface area (Å²) in [7, 11) is 0. The lowest BCUT2D eigenvalue weighted by Crippen LogP contribution is -2.15. The van der Waals surface area contributed by atoms with Crippen LogP contribution < -0.4 is 14.8 Å². The molecule has 112 valence electrons. The molecule has 0 unspecified atom stereocenters. The lowest BCUT2D eigenvalue weighted by molar-refractivity contribution is -0.137. The third-order valence-corrected chi connectivity index (χ3v) is 2.68. The zero-order chi connectivity index (χ0) is 14.8. The number of aliphatic carboxylic acids is 1. The summed E-state index contributed by atoms with van der Waals surface area (Å²) < 4.78 is 11.1. The molecule has 0 atom stereocenters. The summed E-state index contributed by atoms with van der Waals surface area (Å²) in [5.41, 5.74) is 1.09. The van der Waals surface area contributed by atoms with Gasteiger partial charge < -0.3 is 19.9 Å². The molecule has 1 aromatic carbocycles. The molecule has 0 saturated carbocycles. The van der Waals surface area contributed by atoms with E-state index in [0.29, 0.717) is 32.7 Å². The van der Waals surface area contributed by atoms with E-state index in [1.807, 2.05) is 32.0 Å². The van der Waals surface area contributed by atoms with Gasteiger partial charge in [-0.25, -0.2) is 0 Å². The van der Waals surface area contributed by atoms with Crippen molar-refractivity contribution in [3.63, 3.8) is 0 Å². The van der Waals surface area contributed by atoms with Gasteiger partial charge >= 0.3 is 5.97 Å². The molecule has 0 aliphatic heterocycles. The Labute approximate surface area is 119 Å². The summed E-state index contributed by atoms with van der Waals surface area (Å²) in [5.74, 6) is 0.745. The van der Waals surface area contributed by atoms with Crippen LogP contribution in [0.1, 0.15) is 32.3 Å². The van der Waals surface area contributed by atoms with Crippen LogP contribution in [0.4, 0.5) is 0 Å². The van der Waals surface area contributed by atoms with Crippen LogP contribution in [0.2, 0.25) is 0 Å². The maximum Gasteiger partial charge on any atom is 0.303 e. The summed E-state index contributed by atoms with van der Waals surface area (Å²) in [6, 6.07) is 5.85. The van der Waals surface area contributed by atoms with Crippen molar-refractivity contribution in [3.8, 4) is 11.5 Å². The Kier molecular flexibility index (Phi) is 7.50. The largest absolute Gasteiger partial charge is 0.490 e. The molecule has 0 aliphatic carbocycles. The molecule has 0 amide bonds. The van der Waals surface area contributed by atoms with Gasteiger partial charge in [0.15, 0.2) is 11.5 Å². The van der Waals surface area contributed by atoms with E-state index in [4.69, 9.17) is 14.6 Å². The third-order valence-electron chi connectivity index (χ3n) is 2.68. The second-order valence-electron chi connectivity index (χ2n) is 4.32. The average molecular weight is 281 g/mol. The normalized spacial score (nSPS) is 10.3. The minimum absolute atomic E-state index is 0.195. The number of rotatable bonds is 10. The molecule has 0 radical (unpaired) electrons. The van der Waals surface area contributed by atoms with Gasteiger partial charge in [0.2, 0.25) is 0 Å². The van der Waals surface area contributed by atoms with Crippen LogP contribution >= 0.6 is 0 Å². The van der Waals surface area contributed by atoms with Crippen molar-refractivity contribution >= 4 is 5.97 Å². The van der Waals surface area contributed by atoms with E-state index in [-0.39, 0.29) is 6.42 Å². The summed E-state index contributed by atoms with van der Waals surface area (Å²) in [6.45, 7) is 6.44. The highest BCUT2D eigenvalue weighted by atomic mass is 16.5. The van der Waals surface area contributed by atoms with E-state index in [1.54, 1.807) is 0 Å². The van der Waals surface area contributed by atoms with Crippen LogP contribution in [0, 0.1) is 0 Å². The molecule has 5 nitrogen and oxygen atoms in total. The highest BCUT2D eigenvalue weighted by molar-refractivity contribution is 5.66. The molecule has 0 bridgehead atoms. The van der Waals surface area contributed by atoms with Crippen molar-refractivity contribution < 1.29 is 19.4 Å². The fraction of sp³-hybridized carbons (Fsp3) is 0.533. The van der Waals surface area contributed by atoms with E-state index in [9.17, 15) is 4.79 Å². The van der Waals surface area contributed by atoms with E-state index < -0.39 is 5.97 Å². The van der Waals surface area contributed by atoms with Gasteiger partial charge in [0.05, 0.1) is 13.2 Å². The quantitative estimate of drug-likeness (QED) is 0.645. The minimum Gasteiger partial charge on any atom is -0.490 e. The monoisotopic (exact) mass is 281 g/mol. The van der Waals surface area contributed by atoms with E-state index in [2.05, 4.69) is 5.32 Å². The lowest BCUT2D eigenvalue weighted by Gasteiger charge is -2.12. The molecule has 5 heteroatoms. The number of hydrogen-bond donors (Lipinski definition) is 2. The van der Waals surface area contributed by atoms with Gasteiger partial charge in [0, 0.05) is 13.0 Å². The van der Waals surface area contributed by atoms with Crippen LogP contribution in [0.15, 0.2) is 18.2 Å². The first-order valence-electron chi connectivity index (χ1n) is 6.98. The number of hydrogen-bond acceptors (Lipinski definition) is 4. The van der Waals surface area contributed by atoms with E-state index >= 15 is 0 Å². The Bertz CT molecular complexity index is 420. The number of ether oxygens (including phenoxy) is 2. The van der Waals surface area contributed by atoms with Crippen molar-refractivity contribution in [3.05, 3.63) is 23.8 Å². The highest BCUT2D eigenvalue weighted by Crippen LogP contribution is 2.28. The summed E-state index contributed by atoms with van der Waals surface area (Å²) in [5, 5.41) is 11.8. The zero-order valence-electron chi connectivity index (χ0n) is 12.1. The van der Waals surface area contributed by atoms with Gasteiger partial charge in [-0.15, -0.1) is 0 Å². The van der Waals surface area contributed by atoms with Gasteiger partial charge in [0.1, 0.15) is 0 Å². The number of carbonyl (C=O) groups is 1. The predicted octanol–water partition coefficient (Wildman–Crippen LogP) is 2.44. The molecular formula is C15H23NO4. The summed E-state index contributed by atoms with van der Waals surface area (Å²) >= 11 is 0. The molecule has 0 heterocycles. The Hall–Kier alpha value is -1.75. The van der Waals surface area contributed by atoms with Crippen LogP contribution in [0.5, 0.6) is 11.5 Å². The number of carboxylic acid groups (broad SMARTS) is 1. The number of benzene rings is 1. The fourth-order valence-electron chi connectivity index (χ4n) is 1.80. The van der Waals surface area contributed by atoms with E-state index in [1.165, 1.54) is 0 Å². The molecular weight excluding hydrogens is 258 g/mol. The van der Waals surface area contributed by atoms with E-state index in [0.717, 1.165) is 17.1 Å². The van der Waals surface area contributed by atoms with Crippen molar-refractivity contribution in [1.82, 2.24) is 5.32 Å². The molecule has 1 rings (SSSR count). The molecule has 0 saturated heterocycles. The van der Waals surface area contributed by atoms with Crippen molar-refractivity contribution in [1.29, 1.82) is 0 Å². The van der Waals surface area contributed by atoms with Gasteiger partial charge in [0.25, 0.3) is 0 Å². The molecule has 0 fully saturated rings. The topological polar surface area (TPSA) is 67.8 Å². The van der Waals surface area contributed by atoms with Crippen molar-refractivity contribution in [2.24, 2.45) is 0 Å². The van der Waals surface area contributed by atoms with Gasteiger partial charge in [-0.1, -0.05) is 6.07 Å². The maximum atomic E-state index is 10.4. The first-order chi connectivity index (χ1) is 9.67. The SMILES string of the molecule is CCOc1ccc(CNCCCC(=O)O)cc1OCC.